The molecule has 2 unspecified atom stereocenters. The number of carbonyl (C=O) groups is 1. The van der Waals surface area contributed by atoms with Crippen LogP contribution in [0.1, 0.15) is 40.0 Å². The Kier molecular flexibility index (Phi) is 1.82. The summed E-state index contributed by atoms with van der Waals surface area (Å²) < 4.78 is 0. The van der Waals surface area contributed by atoms with Crippen molar-refractivity contribution in [1.82, 2.24) is 5.32 Å². The Labute approximate surface area is 85.8 Å². The molecule has 2 saturated carbocycles. The Morgan fingerprint density at radius 2 is 2.21 bits per heavy atom. The molecule has 14 heavy (non-hydrogen) atoms. The van der Waals surface area contributed by atoms with Crippen LogP contribution in [0.15, 0.2) is 12.2 Å². The summed E-state index contributed by atoms with van der Waals surface area (Å²) in [5, 5.41) is 3.15. The van der Waals surface area contributed by atoms with Crippen molar-refractivity contribution < 1.29 is 4.79 Å². The predicted molar refractivity (Wildman–Crippen MR) is 56.8 cm³/mol. The Hall–Kier alpha value is -0.790. The fourth-order valence-electron chi connectivity index (χ4n) is 3.50. The van der Waals surface area contributed by atoms with Crippen molar-refractivity contribution in [3.8, 4) is 0 Å². The van der Waals surface area contributed by atoms with Crippen LogP contribution in [-0.2, 0) is 4.79 Å². The third-order valence-corrected chi connectivity index (χ3v) is 4.47. The molecule has 0 aromatic rings. The maximum atomic E-state index is 11.3. The second-order valence-corrected chi connectivity index (χ2v) is 5.35. The first-order valence-electron chi connectivity index (χ1n) is 5.37. The molecule has 2 atom stereocenters. The van der Waals surface area contributed by atoms with Gasteiger partial charge in [0.05, 0.1) is 5.54 Å². The molecule has 0 radical (unpaired) electrons. The summed E-state index contributed by atoms with van der Waals surface area (Å²) in [6, 6.07) is 0. The molecule has 0 heterocycles. The lowest BCUT2D eigenvalue weighted by molar-refractivity contribution is -0.121. The van der Waals surface area contributed by atoms with Crippen LogP contribution in [0.2, 0.25) is 0 Å². The first kappa shape index (κ1) is 9.75. The average molecular weight is 193 g/mol. The van der Waals surface area contributed by atoms with Crippen LogP contribution in [0, 0.1) is 11.3 Å². The number of nitrogens with one attached hydrogen (secondary N) is 1. The summed E-state index contributed by atoms with van der Waals surface area (Å²) in [5.41, 5.74) is 1.31. The number of fused-ring (bicyclic) bond motifs is 2. The van der Waals surface area contributed by atoms with Crippen LogP contribution < -0.4 is 5.32 Å². The minimum Gasteiger partial charge on any atom is -0.347 e. The van der Waals surface area contributed by atoms with Crippen molar-refractivity contribution in [2.75, 3.05) is 0 Å². The zero-order valence-corrected chi connectivity index (χ0v) is 9.31. The topological polar surface area (TPSA) is 29.1 Å². The molecule has 0 saturated heterocycles. The maximum Gasteiger partial charge on any atom is 0.217 e. The average Bonchev–Trinajstić information content (AvgIpc) is 2.36. The van der Waals surface area contributed by atoms with Crippen LogP contribution in [0.25, 0.3) is 0 Å². The predicted octanol–water partition coefficient (Wildman–Crippen LogP) is 2.26. The van der Waals surface area contributed by atoms with Gasteiger partial charge in [0.15, 0.2) is 0 Å². The molecule has 2 rings (SSSR count). The van der Waals surface area contributed by atoms with Crippen LogP contribution in [0.4, 0.5) is 0 Å². The van der Waals surface area contributed by atoms with E-state index in [1.165, 1.54) is 12.0 Å². The molecule has 78 valence electrons. The second-order valence-electron chi connectivity index (χ2n) is 5.35. The molecule has 0 aliphatic heterocycles. The molecule has 2 heteroatoms. The normalized spacial score (nSPS) is 38.8. The lowest BCUT2D eigenvalue weighted by atomic mass is 9.75. The minimum atomic E-state index is -0.108. The van der Waals surface area contributed by atoms with Gasteiger partial charge in [-0.2, -0.15) is 0 Å². The van der Waals surface area contributed by atoms with Crippen molar-refractivity contribution >= 4 is 5.91 Å². The molecule has 0 spiro atoms. The summed E-state index contributed by atoms with van der Waals surface area (Å²) in [4.78, 5) is 11.3. The largest absolute Gasteiger partial charge is 0.347 e. The van der Waals surface area contributed by atoms with E-state index >= 15 is 0 Å². The van der Waals surface area contributed by atoms with E-state index in [0.29, 0.717) is 5.92 Å². The summed E-state index contributed by atoms with van der Waals surface area (Å²) in [6.45, 7) is 10.3. The van der Waals surface area contributed by atoms with E-state index in [9.17, 15) is 4.79 Å². The van der Waals surface area contributed by atoms with Crippen molar-refractivity contribution in [1.29, 1.82) is 0 Å². The molecule has 2 bridgehead atoms. The van der Waals surface area contributed by atoms with E-state index < -0.39 is 0 Å². The zero-order chi connectivity index (χ0) is 10.6. The quantitative estimate of drug-likeness (QED) is 0.636. The molecular formula is C12H19NO. The Morgan fingerprint density at radius 3 is 2.57 bits per heavy atom. The first-order valence-corrected chi connectivity index (χ1v) is 5.37. The number of rotatable bonds is 1. The highest BCUT2D eigenvalue weighted by Gasteiger charge is 2.61. The van der Waals surface area contributed by atoms with Gasteiger partial charge in [-0.1, -0.05) is 26.0 Å². The van der Waals surface area contributed by atoms with Crippen molar-refractivity contribution in [3.05, 3.63) is 12.2 Å². The van der Waals surface area contributed by atoms with E-state index in [0.717, 1.165) is 12.8 Å². The fraction of sp³-hybridized carbons (Fsp3) is 0.750. The zero-order valence-electron chi connectivity index (χ0n) is 9.31. The van der Waals surface area contributed by atoms with Gasteiger partial charge in [-0.05, 0) is 30.6 Å². The molecule has 1 amide bonds. The third-order valence-electron chi connectivity index (χ3n) is 4.47. The van der Waals surface area contributed by atoms with Gasteiger partial charge in [0.25, 0.3) is 0 Å². The highest BCUT2D eigenvalue weighted by atomic mass is 16.1. The fourth-order valence-corrected chi connectivity index (χ4v) is 3.50. The van der Waals surface area contributed by atoms with Crippen molar-refractivity contribution in [3.63, 3.8) is 0 Å². The lowest BCUT2D eigenvalue weighted by Crippen LogP contribution is -2.53. The standard InChI is InChI=1S/C12H19NO/c1-8-7-10-5-6-12(8,11(10,3)4)13-9(2)14/h10H,1,5-7H2,2-4H3,(H,13,14). The number of carbonyl (C=O) groups excluding carboxylic acids is 1. The Bertz CT molecular complexity index is 305. The van der Waals surface area contributed by atoms with Gasteiger partial charge in [-0.15, -0.1) is 0 Å². The number of hydrogen-bond donors (Lipinski definition) is 1. The van der Waals surface area contributed by atoms with E-state index in [-0.39, 0.29) is 16.9 Å². The van der Waals surface area contributed by atoms with Crippen LogP contribution in [0.3, 0.4) is 0 Å². The van der Waals surface area contributed by atoms with Gasteiger partial charge in [-0.25, -0.2) is 0 Å². The molecular weight excluding hydrogens is 174 g/mol. The summed E-state index contributed by atoms with van der Waals surface area (Å²) in [5.74, 6) is 0.781. The Morgan fingerprint density at radius 1 is 1.57 bits per heavy atom. The number of amides is 1. The molecule has 2 fully saturated rings. The van der Waals surface area contributed by atoms with Crippen LogP contribution in [0.5, 0.6) is 0 Å². The lowest BCUT2D eigenvalue weighted by Gasteiger charge is -2.39. The van der Waals surface area contributed by atoms with Gasteiger partial charge in [0, 0.05) is 6.92 Å². The van der Waals surface area contributed by atoms with Crippen molar-refractivity contribution in [2.24, 2.45) is 11.3 Å². The summed E-state index contributed by atoms with van der Waals surface area (Å²) >= 11 is 0. The van der Waals surface area contributed by atoms with Gasteiger partial charge in [0.2, 0.25) is 5.91 Å². The molecule has 1 N–H and O–H groups in total. The molecule has 2 aliphatic carbocycles. The van der Waals surface area contributed by atoms with Crippen LogP contribution in [-0.4, -0.2) is 11.4 Å². The number of hydrogen-bond acceptors (Lipinski definition) is 1. The molecule has 2 nitrogen and oxygen atoms in total. The van der Waals surface area contributed by atoms with Gasteiger partial charge in [-0.3, -0.25) is 4.79 Å². The Balaban J connectivity index is 2.39. The van der Waals surface area contributed by atoms with E-state index in [2.05, 4.69) is 25.7 Å². The van der Waals surface area contributed by atoms with Gasteiger partial charge < -0.3 is 5.32 Å². The van der Waals surface area contributed by atoms with E-state index in [1.807, 2.05) is 0 Å². The van der Waals surface area contributed by atoms with E-state index in [1.54, 1.807) is 6.92 Å². The minimum absolute atomic E-state index is 0.0711. The van der Waals surface area contributed by atoms with Gasteiger partial charge >= 0.3 is 0 Å². The third kappa shape index (κ3) is 0.943. The maximum absolute atomic E-state index is 11.3. The van der Waals surface area contributed by atoms with Gasteiger partial charge in [0.1, 0.15) is 0 Å². The highest BCUT2D eigenvalue weighted by molar-refractivity contribution is 5.75. The second kappa shape index (κ2) is 2.62. The van der Waals surface area contributed by atoms with Crippen LogP contribution >= 0.6 is 0 Å². The molecule has 0 aromatic heterocycles. The SMILES string of the molecule is C=C1CC2CCC1(NC(C)=O)C2(C)C. The van der Waals surface area contributed by atoms with E-state index in [4.69, 9.17) is 0 Å². The highest BCUT2D eigenvalue weighted by Crippen LogP contribution is 2.62. The smallest absolute Gasteiger partial charge is 0.217 e. The monoisotopic (exact) mass is 193 g/mol. The summed E-state index contributed by atoms with van der Waals surface area (Å²) in [7, 11) is 0. The van der Waals surface area contributed by atoms with Crippen molar-refractivity contribution in [2.45, 2.75) is 45.6 Å². The first-order chi connectivity index (χ1) is 6.40. The molecule has 0 aromatic carbocycles. The summed E-state index contributed by atoms with van der Waals surface area (Å²) in [6.07, 6.45) is 3.39. The molecule has 2 aliphatic rings.